The molecule has 34 heavy (non-hydrogen) atoms. The van der Waals surface area contributed by atoms with Gasteiger partial charge < -0.3 is 20.1 Å². The summed E-state index contributed by atoms with van der Waals surface area (Å²) in [7, 11) is 1.59. The summed E-state index contributed by atoms with van der Waals surface area (Å²) in [4.78, 5) is 27.5. The Morgan fingerprint density at radius 2 is 2.06 bits per heavy atom. The largest absolute Gasteiger partial charge is 0.450 e. The highest BCUT2D eigenvalue weighted by Gasteiger charge is 2.76. The molecule has 0 aromatic carbocycles. The highest BCUT2D eigenvalue weighted by molar-refractivity contribution is 9.10. The number of nitrogens with zero attached hydrogens (tertiary/aromatic N) is 2. The molecule has 9 heteroatoms. The topological polar surface area (TPSA) is 122 Å². The number of aliphatic hydroxyl groups excluding tert-OH is 2. The summed E-state index contributed by atoms with van der Waals surface area (Å²) >= 11 is 3.30. The number of aromatic nitrogens is 2. The van der Waals surface area contributed by atoms with E-state index in [0.29, 0.717) is 16.5 Å². The standard InChI is InChI=1S/C25H31BrN2O6/c1-11-8-24-12(2)6-15-17(23(15,3)4)14(20(24)31)7-13(10-29)19(30)25(24,33)21(11)34-22(32)18-16(26)9-27-28(18)5/h7-9,12,14-15,17,19,21,29-30,33H,6,10H2,1-5H3/t12?,14-,15+,17-,19+,21-,24?,25-/m0/s1. The van der Waals surface area contributed by atoms with Gasteiger partial charge in [-0.05, 0) is 63.6 Å². The van der Waals surface area contributed by atoms with Gasteiger partial charge in [-0.1, -0.05) is 32.9 Å². The predicted octanol–water partition coefficient (Wildman–Crippen LogP) is 2.18. The number of hydrogen-bond donors (Lipinski definition) is 3. The van der Waals surface area contributed by atoms with Gasteiger partial charge in [-0.25, -0.2) is 4.79 Å². The van der Waals surface area contributed by atoms with E-state index in [-0.39, 0.29) is 40.2 Å². The van der Waals surface area contributed by atoms with Crippen LogP contribution in [0.25, 0.3) is 0 Å². The van der Waals surface area contributed by atoms with Crippen LogP contribution in [-0.2, 0) is 16.6 Å². The van der Waals surface area contributed by atoms with Gasteiger partial charge in [-0.15, -0.1) is 0 Å². The maximum atomic E-state index is 14.3. The Morgan fingerprint density at radius 1 is 1.38 bits per heavy atom. The number of carbonyl (C=O) groups is 2. The van der Waals surface area contributed by atoms with Crippen LogP contribution in [0.2, 0.25) is 0 Å². The van der Waals surface area contributed by atoms with Crippen molar-refractivity contribution in [3.63, 3.8) is 0 Å². The minimum atomic E-state index is -2.15. The molecule has 4 aliphatic rings. The molecule has 184 valence electrons. The lowest BCUT2D eigenvalue weighted by atomic mass is 9.59. The first-order valence-electron chi connectivity index (χ1n) is 11.7. The van der Waals surface area contributed by atoms with Crippen LogP contribution in [0, 0.1) is 34.5 Å². The highest BCUT2D eigenvalue weighted by Crippen LogP contribution is 2.71. The van der Waals surface area contributed by atoms with Crippen LogP contribution in [0.1, 0.15) is 44.6 Å². The third-order valence-electron chi connectivity index (χ3n) is 9.21. The van der Waals surface area contributed by atoms with E-state index in [0.717, 1.165) is 0 Å². The van der Waals surface area contributed by atoms with Crippen LogP contribution in [0.15, 0.2) is 34.0 Å². The number of halogens is 1. The van der Waals surface area contributed by atoms with Gasteiger partial charge in [-0.2, -0.15) is 5.10 Å². The van der Waals surface area contributed by atoms with Crippen molar-refractivity contribution in [2.45, 2.75) is 51.9 Å². The van der Waals surface area contributed by atoms with E-state index in [9.17, 15) is 24.9 Å². The number of rotatable bonds is 3. The fourth-order valence-corrected chi connectivity index (χ4v) is 7.91. The molecule has 4 aliphatic carbocycles. The van der Waals surface area contributed by atoms with Gasteiger partial charge in [0.25, 0.3) is 0 Å². The zero-order chi connectivity index (χ0) is 25.0. The van der Waals surface area contributed by atoms with E-state index >= 15 is 0 Å². The normalized spacial score (nSPS) is 42.1. The van der Waals surface area contributed by atoms with Crippen LogP contribution in [-0.4, -0.2) is 61.3 Å². The van der Waals surface area contributed by atoms with Crippen molar-refractivity contribution in [1.82, 2.24) is 9.78 Å². The van der Waals surface area contributed by atoms with Crippen molar-refractivity contribution in [3.8, 4) is 0 Å². The Bertz CT molecular complexity index is 1130. The SMILES string of the molecule is CC1=CC23C(=O)[C@@H](C=C(CO)[C@@H](O)[C@]2(O)[C@H]1OC(=O)c1c(Br)cnn1C)[C@H]1[C@@H](CC3C)C1(C)C. The monoisotopic (exact) mass is 534 g/mol. The molecule has 2 saturated carbocycles. The second-order valence-corrected chi connectivity index (χ2v) is 12.0. The summed E-state index contributed by atoms with van der Waals surface area (Å²) in [5.74, 6) is -1.42. The van der Waals surface area contributed by atoms with Crippen molar-refractivity contribution in [2.75, 3.05) is 6.61 Å². The Kier molecular flexibility index (Phi) is 5.17. The molecule has 2 fully saturated rings. The summed E-state index contributed by atoms with van der Waals surface area (Å²) in [6, 6.07) is 0. The van der Waals surface area contributed by atoms with Gasteiger partial charge in [0.1, 0.15) is 6.10 Å². The summed E-state index contributed by atoms with van der Waals surface area (Å²) in [5, 5.41) is 38.1. The number of Topliss-reactive ketones (excluding diaryl/α,β-unsaturated/α-hetero) is 1. The molecule has 3 N–H and O–H groups in total. The lowest BCUT2D eigenvalue weighted by molar-refractivity contribution is -0.190. The molecular formula is C25H31BrN2O6. The fourth-order valence-electron chi connectivity index (χ4n) is 7.40. The average molecular weight is 535 g/mol. The number of aryl methyl sites for hydroxylation is 1. The molecule has 1 aromatic heterocycles. The van der Waals surface area contributed by atoms with Gasteiger partial charge in [0.2, 0.25) is 0 Å². The molecule has 8 atom stereocenters. The predicted molar refractivity (Wildman–Crippen MR) is 125 cm³/mol. The van der Waals surface area contributed by atoms with Crippen LogP contribution in [0.3, 0.4) is 0 Å². The number of ether oxygens (including phenoxy) is 1. The van der Waals surface area contributed by atoms with E-state index in [1.807, 2.05) is 6.92 Å². The lowest BCUT2D eigenvalue weighted by Crippen LogP contribution is -2.65. The number of carbonyl (C=O) groups excluding carboxylic acids is 2. The van der Waals surface area contributed by atoms with Gasteiger partial charge in [0.15, 0.2) is 23.2 Å². The molecule has 2 bridgehead atoms. The zero-order valence-corrected chi connectivity index (χ0v) is 21.5. The van der Waals surface area contributed by atoms with Crippen LogP contribution in [0.5, 0.6) is 0 Å². The third kappa shape index (κ3) is 2.72. The summed E-state index contributed by atoms with van der Waals surface area (Å²) in [6.07, 6.45) is 2.68. The number of esters is 1. The Morgan fingerprint density at radius 3 is 2.65 bits per heavy atom. The summed E-state index contributed by atoms with van der Waals surface area (Å²) < 4.78 is 7.64. The van der Waals surface area contributed by atoms with E-state index in [1.54, 1.807) is 26.1 Å². The Balaban J connectivity index is 1.65. The Labute approximate surface area is 206 Å². The van der Waals surface area contributed by atoms with Crippen LogP contribution >= 0.6 is 15.9 Å². The van der Waals surface area contributed by atoms with E-state index in [4.69, 9.17) is 4.74 Å². The first-order valence-corrected chi connectivity index (χ1v) is 12.5. The molecule has 1 heterocycles. The van der Waals surface area contributed by atoms with Gasteiger partial charge in [-0.3, -0.25) is 9.48 Å². The number of fused-ring (bicyclic) bond motifs is 3. The summed E-state index contributed by atoms with van der Waals surface area (Å²) in [6.45, 7) is 7.41. The molecule has 1 spiro atoms. The average Bonchev–Trinajstić information content (AvgIpc) is 3.05. The number of ketones is 1. The molecule has 5 rings (SSSR count). The quantitative estimate of drug-likeness (QED) is 0.401. The molecule has 1 aromatic rings. The molecular weight excluding hydrogens is 504 g/mol. The number of allylic oxidation sites excluding steroid dienone is 1. The minimum absolute atomic E-state index is 0.0459. The molecule has 0 amide bonds. The number of hydrogen-bond acceptors (Lipinski definition) is 7. The van der Waals surface area contributed by atoms with Crippen molar-refractivity contribution >= 4 is 27.7 Å². The van der Waals surface area contributed by atoms with E-state index < -0.39 is 41.7 Å². The van der Waals surface area contributed by atoms with Gasteiger partial charge >= 0.3 is 5.97 Å². The van der Waals surface area contributed by atoms with Crippen molar-refractivity contribution in [3.05, 3.63) is 39.7 Å². The van der Waals surface area contributed by atoms with Gasteiger partial charge in [0, 0.05) is 13.0 Å². The molecule has 0 radical (unpaired) electrons. The fraction of sp³-hybridized carbons (Fsp3) is 0.640. The maximum absolute atomic E-state index is 14.3. The molecule has 8 nitrogen and oxygen atoms in total. The molecule has 2 unspecified atom stereocenters. The smallest absolute Gasteiger partial charge is 0.358 e. The highest BCUT2D eigenvalue weighted by atomic mass is 79.9. The first-order chi connectivity index (χ1) is 15.8. The van der Waals surface area contributed by atoms with Crippen molar-refractivity contribution in [2.24, 2.45) is 41.5 Å². The molecule has 0 saturated heterocycles. The maximum Gasteiger partial charge on any atom is 0.358 e. The van der Waals surface area contributed by atoms with Crippen LogP contribution < -0.4 is 0 Å². The minimum Gasteiger partial charge on any atom is -0.450 e. The third-order valence-corrected chi connectivity index (χ3v) is 9.79. The van der Waals surface area contributed by atoms with Crippen molar-refractivity contribution in [1.29, 1.82) is 0 Å². The van der Waals surface area contributed by atoms with Crippen molar-refractivity contribution < 1.29 is 29.6 Å². The zero-order valence-electron chi connectivity index (χ0n) is 19.9. The van der Waals surface area contributed by atoms with Crippen LogP contribution in [0.4, 0.5) is 0 Å². The Hall–Kier alpha value is -1.81. The molecule has 0 aliphatic heterocycles. The second kappa shape index (κ2) is 7.35. The van der Waals surface area contributed by atoms with Gasteiger partial charge in [0.05, 0.1) is 22.7 Å². The second-order valence-electron chi connectivity index (χ2n) is 11.1. The number of aliphatic hydroxyl groups is 3. The summed E-state index contributed by atoms with van der Waals surface area (Å²) in [5.41, 5.74) is -2.81. The lowest BCUT2D eigenvalue weighted by Gasteiger charge is -2.48. The first kappa shape index (κ1) is 23.9. The van der Waals surface area contributed by atoms with E-state index in [2.05, 4.69) is 34.9 Å². The van der Waals surface area contributed by atoms with E-state index in [1.165, 1.54) is 10.9 Å².